The van der Waals surface area contributed by atoms with Crippen LogP contribution in [0, 0.1) is 23.6 Å². The van der Waals surface area contributed by atoms with E-state index in [0.29, 0.717) is 11.3 Å². The first-order chi connectivity index (χ1) is 12.6. The Morgan fingerprint density at radius 2 is 1.62 bits per heavy atom. The van der Waals surface area contributed by atoms with Crippen LogP contribution in [0.1, 0.15) is 49.7 Å². The SMILES string of the molecule is Oc1ccc(C23CC4CC(CC(C4)C2)C3)cc1C=Nc1ccccc1F. The maximum Gasteiger partial charge on any atom is 0.148 e. The van der Waals surface area contributed by atoms with Crippen LogP contribution in [0.15, 0.2) is 47.5 Å². The lowest BCUT2D eigenvalue weighted by atomic mass is 9.48. The number of halogens is 1. The Hall–Kier alpha value is -2.16. The Bertz CT molecular complexity index is 837. The van der Waals surface area contributed by atoms with Gasteiger partial charge in [0.05, 0.1) is 5.69 Å². The number of aromatic hydroxyl groups is 1. The largest absolute Gasteiger partial charge is 0.507 e. The van der Waals surface area contributed by atoms with Crippen molar-refractivity contribution in [3.63, 3.8) is 0 Å². The van der Waals surface area contributed by atoms with Gasteiger partial charge in [0.15, 0.2) is 0 Å². The van der Waals surface area contributed by atoms with Crippen molar-refractivity contribution in [1.82, 2.24) is 0 Å². The summed E-state index contributed by atoms with van der Waals surface area (Å²) in [6, 6.07) is 12.4. The molecule has 4 fully saturated rings. The van der Waals surface area contributed by atoms with Gasteiger partial charge in [0.2, 0.25) is 0 Å². The van der Waals surface area contributed by atoms with Crippen LogP contribution in [-0.4, -0.2) is 11.3 Å². The zero-order chi connectivity index (χ0) is 17.7. The number of para-hydroxylation sites is 1. The summed E-state index contributed by atoms with van der Waals surface area (Å²) in [6.45, 7) is 0. The van der Waals surface area contributed by atoms with E-state index in [1.165, 1.54) is 50.2 Å². The lowest BCUT2D eigenvalue weighted by Crippen LogP contribution is -2.48. The molecule has 134 valence electrons. The van der Waals surface area contributed by atoms with E-state index in [4.69, 9.17) is 0 Å². The fourth-order valence-electron chi connectivity index (χ4n) is 6.15. The molecule has 4 aliphatic rings. The van der Waals surface area contributed by atoms with Crippen molar-refractivity contribution in [1.29, 1.82) is 0 Å². The number of hydrogen-bond donors (Lipinski definition) is 1. The van der Waals surface area contributed by atoms with Crippen LogP contribution in [0.3, 0.4) is 0 Å². The summed E-state index contributed by atoms with van der Waals surface area (Å²) in [4.78, 5) is 4.26. The Balaban J connectivity index is 1.49. The lowest BCUT2D eigenvalue weighted by Gasteiger charge is -2.57. The van der Waals surface area contributed by atoms with Gasteiger partial charge in [-0.1, -0.05) is 18.2 Å². The number of rotatable bonds is 3. The topological polar surface area (TPSA) is 32.6 Å². The molecule has 0 radical (unpaired) electrons. The maximum absolute atomic E-state index is 13.8. The molecule has 26 heavy (non-hydrogen) atoms. The molecule has 0 amide bonds. The number of phenolic OH excluding ortho intramolecular Hbond substituents is 1. The minimum Gasteiger partial charge on any atom is -0.507 e. The van der Waals surface area contributed by atoms with Crippen molar-refractivity contribution in [2.24, 2.45) is 22.7 Å². The predicted octanol–water partition coefficient (Wildman–Crippen LogP) is 5.75. The molecule has 2 nitrogen and oxygen atoms in total. The molecular weight excluding hydrogens is 325 g/mol. The second kappa shape index (κ2) is 5.94. The quantitative estimate of drug-likeness (QED) is 0.703. The molecule has 4 saturated carbocycles. The van der Waals surface area contributed by atoms with Gasteiger partial charge in [-0.3, -0.25) is 4.99 Å². The van der Waals surface area contributed by atoms with Gasteiger partial charge in [0, 0.05) is 11.8 Å². The molecule has 0 saturated heterocycles. The number of hydrogen-bond acceptors (Lipinski definition) is 2. The summed E-state index contributed by atoms with van der Waals surface area (Å²) in [6.07, 6.45) is 9.70. The van der Waals surface area contributed by atoms with Gasteiger partial charge in [0.25, 0.3) is 0 Å². The zero-order valence-electron chi connectivity index (χ0n) is 14.9. The monoisotopic (exact) mass is 349 g/mol. The number of benzene rings is 2. The summed E-state index contributed by atoms with van der Waals surface area (Å²) in [5, 5.41) is 10.3. The fraction of sp³-hybridized carbons (Fsp3) is 0.435. The highest BCUT2D eigenvalue weighted by molar-refractivity contribution is 5.85. The van der Waals surface area contributed by atoms with Crippen LogP contribution < -0.4 is 0 Å². The zero-order valence-corrected chi connectivity index (χ0v) is 14.9. The highest BCUT2D eigenvalue weighted by Gasteiger charge is 2.51. The van der Waals surface area contributed by atoms with Crippen molar-refractivity contribution in [2.75, 3.05) is 0 Å². The molecule has 2 aromatic rings. The van der Waals surface area contributed by atoms with E-state index in [0.717, 1.165) is 17.8 Å². The molecule has 0 spiro atoms. The molecule has 0 atom stereocenters. The maximum atomic E-state index is 13.8. The van der Waals surface area contributed by atoms with Crippen LogP contribution in [0.2, 0.25) is 0 Å². The Labute approximate surface area is 153 Å². The van der Waals surface area contributed by atoms with Gasteiger partial charge >= 0.3 is 0 Å². The first-order valence-corrected chi connectivity index (χ1v) is 9.73. The van der Waals surface area contributed by atoms with Crippen molar-refractivity contribution in [2.45, 2.75) is 43.9 Å². The summed E-state index contributed by atoms with van der Waals surface area (Å²) in [5.74, 6) is 2.50. The molecule has 0 aliphatic heterocycles. The van der Waals surface area contributed by atoms with Crippen LogP contribution in [0.25, 0.3) is 0 Å². The minimum atomic E-state index is -0.347. The molecule has 6 rings (SSSR count). The molecule has 1 N–H and O–H groups in total. The second-order valence-corrected chi connectivity index (χ2v) is 8.68. The summed E-state index contributed by atoms with van der Waals surface area (Å²) in [7, 11) is 0. The first-order valence-electron chi connectivity index (χ1n) is 9.73. The van der Waals surface area contributed by atoms with Crippen molar-refractivity contribution in [3.05, 3.63) is 59.4 Å². The Kier molecular flexibility index (Phi) is 3.66. The molecular formula is C23H24FNO. The molecule has 3 heteroatoms. The normalized spacial score (nSPS) is 32.4. The molecule has 0 heterocycles. The standard InChI is InChI=1S/C23H24FNO/c24-20-3-1-2-4-21(20)25-14-18-10-19(5-6-22(18)26)23-11-15-7-16(12-23)9-17(8-15)13-23/h1-6,10,14-17,26H,7-9,11-13H2. The first kappa shape index (κ1) is 16.0. The number of nitrogens with zero attached hydrogens (tertiary/aromatic N) is 1. The summed E-state index contributed by atoms with van der Waals surface area (Å²) < 4.78 is 13.8. The van der Waals surface area contributed by atoms with Gasteiger partial charge in [-0.05, 0) is 91.5 Å². The van der Waals surface area contributed by atoms with E-state index in [-0.39, 0.29) is 17.0 Å². The van der Waals surface area contributed by atoms with Gasteiger partial charge < -0.3 is 5.11 Å². The number of phenols is 1. The second-order valence-electron chi connectivity index (χ2n) is 8.68. The molecule has 4 aliphatic carbocycles. The predicted molar refractivity (Wildman–Crippen MR) is 102 cm³/mol. The van der Waals surface area contributed by atoms with Crippen LogP contribution in [0.4, 0.5) is 10.1 Å². The Morgan fingerprint density at radius 1 is 0.962 bits per heavy atom. The van der Waals surface area contributed by atoms with E-state index in [2.05, 4.69) is 17.1 Å². The minimum absolute atomic E-state index is 0.207. The smallest absolute Gasteiger partial charge is 0.148 e. The van der Waals surface area contributed by atoms with Gasteiger partial charge in [-0.25, -0.2) is 4.39 Å². The van der Waals surface area contributed by atoms with E-state index in [1.54, 1.807) is 30.5 Å². The molecule has 0 unspecified atom stereocenters. The molecule has 0 aromatic heterocycles. The third-order valence-corrected chi connectivity index (χ3v) is 6.87. The van der Waals surface area contributed by atoms with E-state index in [1.807, 2.05) is 0 Å². The van der Waals surface area contributed by atoms with Gasteiger partial charge in [-0.15, -0.1) is 0 Å². The summed E-state index contributed by atoms with van der Waals surface area (Å²) in [5.41, 5.74) is 2.60. The van der Waals surface area contributed by atoms with E-state index in [9.17, 15) is 9.50 Å². The third kappa shape index (κ3) is 2.65. The van der Waals surface area contributed by atoms with Gasteiger partial charge in [0.1, 0.15) is 11.6 Å². The van der Waals surface area contributed by atoms with Crippen LogP contribution in [-0.2, 0) is 5.41 Å². The molecule has 2 aromatic carbocycles. The third-order valence-electron chi connectivity index (χ3n) is 6.87. The fourth-order valence-corrected chi connectivity index (χ4v) is 6.15. The van der Waals surface area contributed by atoms with Crippen molar-refractivity contribution >= 4 is 11.9 Å². The highest BCUT2D eigenvalue weighted by Crippen LogP contribution is 2.60. The highest BCUT2D eigenvalue weighted by atomic mass is 19.1. The average molecular weight is 349 g/mol. The lowest BCUT2D eigenvalue weighted by molar-refractivity contribution is -0.00520. The average Bonchev–Trinajstić information content (AvgIpc) is 2.61. The van der Waals surface area contributed by atoms with Crippen molar-refractivity contribution < 1.29 is 9.50 Å². The van der Waals surface area contributed by atoms with Crippen LogP contribution in [0.5, 0.6) is 5.75 Å². The molecule has 4 bridgehead atoms. The number of aliphatic imine (C=N–C) groups is 1. The van der Waals surface area contributed by atoms with Crippen molar-refractivity contribution in [3.8, 4) is 5.75 Å². The Morgan fingerprint density at radius 3 is 2.27 bits per heavy atom. The van der Waals surface area contributed by atoms with E-state index < -0.39 is 0 Å². The van der Waals surface area contributed by atoms with Gasteiger partial charge in [-0.2, -0.15) is 0 Å². The van der Waals surface area contributed by atoms with E-state index >= 15 is 0 Å². The van der Waals surface area contributed by atoms with Crippen LogP contribution >= 0.6 is 0 Å². The summed E-state index contributed by atoms with van der Waals surface area (Å²) >= 11 is 0.